The highest BCUT2D eigenvalue weighted by molar-refractivity contribution is 6.34. The minimum Gasteiger partial charge on any atom is -0.492 e. The molecule has 0 saturated carbocycles. The average Bonchev–Trinajstić information content (AvgIpc) is 3.37. The number of carbonyl (C=O) groups excluding carboxylic acids is 1. The van der Waals surface area contributed by atoms with Gasteiger partial charge in [0.1, 0.15) is 17.5 Å². The molecule has 0 N–H and O–H groups in total. The molecule has 0 bridgehead atoms. The van der Waals surface area contributed by atoms with Crippen LogP contribution in [0.4, 0.5) is 0 Å². The van der Waals surface area contributed by atoms with Crippen molar-refractivity contribution in [3.63, 3.8) is 0 Å². The quantitative estimate of drug-likeness (QED) is 0.496. The molecule has 1 atom stereocenters. The Balaban J connectivity index is 1.34. The molecule has 0 unspecified atom stereocenters. The number of esters is 1. The molecule has 2 heterocycles. The third-order valence-electron chi connectivity index (χ3n) is 5.60. The van der Waals surface area contributed by atoms with E-state index in [-0.39, 0.29) is 5.97 Å². The number of benzene rings is 2. The van der Waals surface area contributed by atoms with Crippen molar-refractivity contribution in [3.05, 3.63) is 53.7 Å². The average molecular weight is 428 g/mol. The van der Waals surface area contributed by atoms with Crippen molar-refractivity contribution in [1.29, 1.82) is 0 Å². The summed E-state index contributed by atoms with van der Waals surface area (Å²) in [6, 6.07) is 16.1. The van der Waals surface area contributed by atoms with E-state index in [0.717, 1.165) is 54.7 Å². The molecule has 158 valence electrons. The van der Waals surface area contributed by atoms with Gasteiger partial charge in [-0.05, 0) is 68.8 Å². The Labute approximate surface area is 181 Å². The van der Waals surface area contributed by atoms with Gasteiger partial charge in [0, 0.05) is 17.8 Å². The summed E-state index contributed by atoms with van der Waals surface area (Å²) in [5, 5.41) is 6.12. The summed E-state index contributed by atoms with van der Waals surface area (Å²) in [4.78, 5) is 13.7. The zero-order valence-electron chi connectivity index (χ0n) is 17.1. The maximum Gasteiger partial charge on any atom is 0.305 e. The van der Waals surface area contributed by atoms with Crippen LogP contribution in [-0.2, 0) is 9.53 Å². The second-order valence-corrected chi connectivity index (χ2v) is 7.89. The SMILES string of the molecule is COC(=O)CCCN1CCC[C@H]1COc1ccc(-n2nc3ccccc3c2Cl)cc1. The molecule has 4 rings (SSSR count). The predicted molar refractivity (Wildman–Crippen MR) is 117 cm³/mol. The fourth-order valence-electron chi connectivity index (χ4n) is 3.95. The number of likely N-dealkylation sites (tertiary alicyclic amines) is 1. The molecular formula is C23H26ClN3O3. The van der Waals surface area contributed by atoms with Crippen molar-refractivity contribution >= 4 is 28.5 Å². The highest BCUT2D eigenvalue weighted by atomic mass is 35.5. The van der Waals surface area contributed by atoms with Gasteiger partial charge in [-0.15, -0.1) is 0 Å². The van der Waals surface area contributed by atoms with Crippen molar-refractivity contribution in [2.45, 2.75) is 31.7 Å². The topological polar surface area (TPSA) is 56.6 Å². The number of methoxy groups -OCH3 is 1. The van der Waals surface area contributed by atoms with E-state index in [2.05, 4.69) is 10.00 Å². The van der Waals surface area contributed by atoms with Crippen molar-refractivity contribution in [3.8, 4) is 11.4 Å². The van der Waals surface area contributed by atoms with E-state index in [4.69, 9.17) is 21.1 Å². The van der Waals surface area contributed by atoms with E-state index in [0.29, 0.717) is 24.2 Å². The smallest absolute Gasteiger partial charge is 0.305 e. The molecule has 0 radical (unpaired) electrons. The van der Waals surface area contributed by atoms with Crippen LogP contribution < -0.4 is 4.74 Å². The van der Waals surface area contributed by atoms with Gasteiger partial charge in [0.25, 0.3) is 0 Å². The lowest BCUT2D eigenvalue weighted by Crippen LogP contribution is -2.35. The minimum atomic E-state index is -0.146. The van der Waals surface area contributed by atoms with Crippen LogP contribution in [0.2, 0.25) is 5.15 Å². The summed E-state index contributed by atoms with van der Waals surface area (Å²) in [5.74, 6) is 0.681. The number of halogens is 1. The summed E-state index contributed by atoms with van der Waals surface area (Å²) in [5.41, 5.74) is 1.77. The molecule has 6 nitrogen and oxygen atoms in total. The first-order chi connectivity index (χ1) is 14.7. The third kappa shape index (κ3) is 4.60. The van der Waals surface area contributed by atoms with Gasteiger partial charge in [-0.25, -0.2) is 4.68 Å². The van der Waals surface area contributed by atoms with Gasteiger partial charge >= 0.3 is 5.97 Å². The Hall–Kier alpha value is -2.57. The van der Waals surface area contributed by atoms with E-state index < -0.39 is 0 Å². The van der Waals surface area contributed by atoms with Crippen LogP contribution in [0.1, 0.15) is 25.7 Å². The van der Waals surface area contributed by atoms with Gasteiger partial charge in [-0.2, -0.15) is 5.10 Å². The summed E-state index contributed by atoms with van der Waals surface area (Å²) in [6.07, 6.45) is 3.56. The number of fused-ring (bicyclic) bond motifs is 1. The van der Waals surface area contributed by atoms with Gasteiger partial charge in [-0.1, -0.05) is 23.7 Å². The standard InChI is InChI=1S/C23H26ClN3O3/c1-29-22(28)9-5-15-26-14-4-6-18(26)16-30-19-12-10-17(11-13-19)27-23(24)20-7-2-3-8-21(20)25-27/h2-3,7-8,10-13,18H,4-6,9,14-16H2,1H3/t18-/m0/s1. The van der Waals surface area contributed by atoms with Crippen molar-refractivity contribution in [1.82, 2.24) is 14.7 Å². The number of ether oxygens (including phenoxy) is 2. The van der Waals surface area contributed by atoms with Crippen LogP contribution in [0.25, 0.3) is 16.6 Å². The lowest BCUT2D eigenvalue weighted by molar-refractivity contribution is -0.140. The molecule has 1 saturated heterocycles. The molecule has 0 amide bonds. The van der Waals surface area contributed by atoms with Crippen LogP contribution >= 0.6 is 11.6 Å². The molecule has 3 aromatic rings. The maximum absolute atomic E-state index is 11.3. The van der Waals surface area contributed by atoms with E-state index in [1.54, 1.807) is 4.68 Å². The van der Waals surface area contributed by atoms with E-state index >= 15 is 0 Å². The van der Waals surface area contributed by atoms with E-state index in [1.165, 1.54) is 7.11 Å². The number of hydrogen-bond donors (Lipinski definition) is 0. The zero-order valence-corrected chi connectivity index (χ0v) is 17.8. The van der Waals surface area contributed by atoms with Crippen LogP contribution in [0.5, 0.6) is 5.75 Å². The lowest BCUT2D eigenvalue weighted by Gasteiger charge is -2.24. The summed E-state index contributed by atoms with van der Waals surface area (Å²) < 4.78 is 12.5. The van der Waals surface area contributed by atoms with Gasteiger partial charge in [-0.3, -0.25) is 9.69 Å². The fraction of sp³-hybridized carbons (Fsp3) is 0.391. The zero-order chi connectivity index (χ0) is 20.9. The van der Waals surface area contributed by atoms with Crippen LogP contribution in [0.3, 0.4) is 0 Å². The first-order valence-corrected chi connectivity index (χ1v) is 10.7. The highest BCUT2D eigenvalue weighted by Gasteiger charge is 2.24. The minimum absolute atomic E-state index is 0.146. The first-order valence-electron chi connectivity index (χ1n) is 10.3. The lowest BCUT2D eigenvalue weighted by atomic mass is 10.2. The Bertz CT molecular complexity index is 1000. The Morgan fingerprint density at radius 3 is 2.77 bits per heavy atom. The molecule has 0 spiro atoms. The van der Waals surface area contributed by atoms with Crippen molar-refractivity contribution in [2.24, 2.45) is 0 Å². The van der Waals surface area contributed by atoms with Crippen LogP contribution in [0, 0.1) is 0 Å². The number of aromatic nitrogens is 2. The number of hydrogen-bond acceptors (Lipinski definition) is 5. The Morgan fingerprint density at radius 1 is 1.20 bits per heavy atom. The number of nitrogens with zero attached hydrogens (tertiary/aromatic N) is 3. The van der Waals surface area contributed by atoms with Crippen molar-refractivity contribution < 1.29 is 14.3 Å². The molecule has 1 fully saturated rings. The summed E-state index contributed by atoms with van der Waals surface area (Å²) >= 11 is 6.50. The summed E-state index contributed by atoms with van der Waals surface area (Å²) in [6.45, 7) is 2.59. The normalized spacial score (nSPS) is 16.8. The molecule has 30 heavy (non-hydrogen) atoms. The Kier molecular flexibility index (Phi) is 6.55. The first kappa shape index (κ1) is 20.7. The van der Waals surface area contributed by atoms with Gasteiger partial charge < -0.3 is 9.47 Å². The van der Waals surface area contributed by atoms with Gasteiger partial charge in [0.2, 0.25) is 0 Å². The highest BCUT2D eigenvalue weighted by Crippen LogP contribution is 2.27. The Morgan fingerprint density at radius 2 is 2.00 bits per heavy atom. The monoisotopic (exact) mass is 427 g/mol. The number of carbonyl (C=O) groups is 1. The maximum atomic E-state index is 11.3. The van der Waals surface area contributed by atoms with Crippen LogP contribution in [0.15, 0.2) is 48.5 Å². The fourth-order valence-corrected chi connectivity index (χ4v) is 4.25. The van der Waals surface area contributed by atoms with Gasteiger partial charge in [0.05, 0.1) is 18.3 Å². The van der Waals surface area contributed by atoms with Crippen LogP contribution in [-0.4, -0.2) is 53.5 Å². The molecule has 1 aliphatic heterocycles. The van der Waals surface area contributed by atoms with E-state index in [1.807, 2.05) is 48.5 Å². The molecular weight excluding hydrogens is 402 g/mol. The molecule has 1 aromatic heterocycles. The molecule has 7 heteroatoms. The second kappa shape index (κ2) is 9.49. The van der Waals surface area contributed by atoms with Crippen molar-refractivity contribution in [2.75, 3.05) is 26.8 Å². The molecule has 0 aliphatic carbocycles. The number of rotatable bonds is 8. The second-order valence-electron chi connectivity index (χ2n) is 7.54. The van der Waals surface area contributed by atoms with Gasteiger partial charge in [0.15, 0.2) is 0 Å². The predicted octanol–water partition coefficient (Wildman–Crippen LogP) is 4.48. The molecule has 1 aliphatic rings. The summed E-state index contributed by atoms with van der Waals surface area (Å²) in [7, 11) is 1.43. The van der Waals surface area contributed by atoms with E-state index in [9.17, 15) is 4.79 Å². The largest absolute Gasteiger partial charge is 0.492 e. The molecule has 2 aromatic carbocycles. The third-order valence-corrected chi connectivity index (χ3v) is 5.96.